The predicted molar refractivity (Wildman–Crippen MR) is 175 cm³/mol. The van der Waals surface area contributed by atoms with E-state index in [1.54, 1.807) is 64.1 Å². The van der Waals surface area contributed by atoms with Crippen LogP contribution in [0, 0.1) is 6.92 Å². The summed E-state index contributed by atoms with van der Waals surface area (Å²) in [6.45, 7) is 8.57. The molecule has 0 spiro atoms. The predicted octanol–water partition coefficient (Wildman–Crippen LogP) is 8.17. The van der Waals surface area contributed by atoms with E-state index < -0.39 is 32.2 Å². The second-order valence-corrected chi connectivity index (χ2v) is 14.9. The van der Waals surface area contributed by atoms with Gasteiger partial charge in [0.1, 0.15) is 5.69 Å². The molecule has 1 unspecified atom stereocenters. The van der Waals surface area contributed by atoms with Crippen LogP contribution in [0.3, 0.4) is 0 Å². The Kier molecular flexibility index (Phi) is 11.6. The Labute approximate surface area is 262 Å². The molecule has 0 saturated carbocycles. The normalized spacial score (nSPS) is 13.0. The first-order chi connectivity index (χ1) is 21.1. The lowest BCUT2D eigenvalue weighted by atomic mass is 10.0. The first kappa shape index (κ1) is 34.1. The monoisotopic (exact) mass is 661 g/mol. The van der Waals surface area contributed by atoms with E-state index in [0.717, 1.165) is 15.9 Å². The molecular weight excluding hydrogens is 624 g/mol. The van der Waals surface area contributed by atoms with Gasteiger partial charge in [-0.2, -0.15) is 0 Å². The number of hydrogen-bond acceptors (Lipinski definition) is 9. The summed E-state index contributed by atoms with van der Waals surface area (Å²) in [7, 11) is -8.54. The van der Waals surface area contributed by atoms with Crippen molar-refractivity contribution in [3.05, 3.63) is 99.3 Å². The van der Waals surface area contributed by atoms with Crippen LogP contribution in [0.15, 0.2) is 77.6 Å². The van der Waals surface area contributed by atoms with Gasteiger partial charge in [0.05, 0.1) is 37.9 Å². The van der Waals surface area contributed by atoms with Crippen LogP contribution in [0.4, 0.5) is 0 Å². The molecule has 1 atom stereocenters. The minimum atomic E-state index is -4.27. The van der Waals surface area contributed by atoms with E-state index >= 15 is 0 Å². The number of nitrogens with one attached hydrogen (secondary N) is 1. The summed E-state index contributed by atoms with van der Waals surface area (Å²) in [6.07, 6.45) is 0. The molecule has 0 aliphatic carbocycles. The van der Waals surface area contributed by atoms with Gasteiger partial charge < -0.3 is 18.1 Å². The van der Waals surface area contributed by atoms with Gasteiger partial charge in [-0.1, -0.05) is 71.8 Å². The van der Waals surface area contributed by atoms with Gasteiger partial charge in [0.15, 0.2) is 5.40 Å². The molecule has 4 rings (SSSR count). The molecule has 0 amide bonds. The van der Waals surface area contributed by atoms with Gasteiger partial charge in [-0.25, -0.2) is 0 Å². The van der Waals surface area contributed by atoms with Gasteiger partial charge in [-0.05, 0) is 58.4 Å². The fraction of sp³-hybridized carbons (Fsp3) is 0.355. The molecule has 0 fully saturated rings. The van der Waals surface area contributed by atoms with Gasteiger partial charge in [-0.3, -0.25) is 19.4 Å². The minimum absolute atomic E-state index is 0.00882. The lowest BCUT2D eigenvalue weighted by Crippen LogP contribution is -2.39. The topological polar surface area (TPSA) is 118 Å². The van der Waals surface area contributed by atoms with Gasteiger partial charge >= 0.3 is 15.2 Å². The van der Waals surface area contributed by atoms with E-state index in [1.165, 1.54) is 0 Å². The molecule has 3 aromatic carbocycles. The van der Waals surface area contributed by atoms with Crippen molar-refractivity contribution in [1.29, 1.82) is 0 Å². The van der Waals surface area contributed by atoms with E-state index in [2.05, 4.69) is 5.43 Å². The summed E-state index contributed by atoms with van der Waals surface area (Å²) < 4.78 is 52.4. The summed E-state index contributed by atoms with van der Waals surface area (Å²) >= 11 is 6.23. The molecule has 13 heteroatoms. The van der Waals surface area contributed by atoms with Crippen molar-refractivity contribution in [2.45, 2.75) is 46.1 Å². The van der Waals surface area contributed by atoms with Crippen molar-refractivity contribution in [3.8, 4) is 11.3 Å². The van der Waals surface area contributed by atoms with Crippen LogP contribution in [0.5, 0.6) is 0 Å². The molecule has 1 heterocycles. The first-order valence-electron chi connectivity index (χ1n) is 14.5. The third-order valence-electron chi connectivity index (χ3n) is 6.80. The average Bonchev–Trinajstić information content (AvgIpc) is 2.99. The van der Waals surface area contributed by atoms with Crippen molar-refractivity contribution < 1.29 is 27.2 Å². The highest BCUT2D eigenvalue weighted by molar-refractivity contribution is 7.72. The Morgan fingerprint density at radius 2 is 1.27 bits per heavy atom. The molecule has 0 bridgehead atoms. The van der Waals surface area contributed by atoms with Crippen molar-refractivity contribution in [1.82, 2.24) is 9.89 Å². The van der Waals surface area contributed by atoms with Crippen molar-refractivity contribution in [2.24, 2.45) is 0 Å². The van der Waals surface area contributed by atoms with Crippen LogP contribution >= 0.6 is 26.8 Å². The zero-order chi connectivity index (χ0) is 31.9. The van der Waals surface area contributed by atoms with Crippen LogP contribution in [0.25, 0.3) is 22.0 Å². The summed E-state index contributed by atoms with van der Waals surface area (Å²) in [5, 5.41) is 4.69. The fourth-order valence-corrected chi connectivity index (χ4v) is 10.7. The van der Waals surface area contributed by atoms with E-state index in [-0.39, 0.29) is 26.4 Å². The van der Waals surface area contributed by atoms with Crippen molar-refractivity contribution >= 4 is 37.6 Å². The van der Waals surface area contributed by atoms with Crippen LogP contribution < -0.4 is 11.0 Å². The Morgan fingerprint density at radius 3 is 1.77 bits per heavy atom. The zero-order valence-electron chi connectivity index (χ0n) is 25.4. The number of hydrogen-bond donors (Lipinski definition) is 1. The lowest BCUT2D eigenvalue weighted by molar-refractivity contribution is 0.191. The second-order valence-electron chi connectivity index (χ2n) is 9.80. The Balaban J connectivity index is 2.03. The number of nitrogens with zero attached hydrogens (tertiary/aromatic N) is 2. The number of rotatable bonds is 15. The molecule has 44 heavy (non-hydrogen) atoms. The van der Waals surface area contributed by atoms with Gasteiger partial charge in [-0.15, -0.1) is 9.89 Å². The number of benzene rings is 3. The Morgan fingerprint density at radius 1 is 0.773 bits per heavy atom. The van der Waals surface area contributed by atoms with E-state index in [0.29, 0.717) is 27.1 Å². The average molecular weight is 662 g/mol. The first-order valence-corrected chi connectivity index (χ1v) is 18.1. The summed E-state index contributed by atoms with van der Waals surface area (Å²) in [4.78, 5) is 15.0. The summed E-state index contributed by atoms with van der Waals surface area (Å²) in [5.74, 6) is 0. The van der Waals surface area contributed by atoms with Gasteiger partial charge in [0.25, 0.3) is 5.56 Å². The molecule has 236 valence electrons. The van der Waals surface area contributed by atoms with Gasteiger partial charge in [0, 0.05) is 16.0 Å². The second kappa shape index (κ2) is 15.0. The van der Waals surface area contributed by atoms with Gasteiger partial charge in [0.2, 0.25) is 0 Å². The fourth-order valence-electron chi connectivity index (χ4n) is 4.95. The molecular formula is C31H38ClN3O7P2. The van der Waals surface area contributed by atoms with E-state index in [9.17, 15) is 13.9 Å². The zero-order valence-corrected chi connectivity index (χ0v) is 28.0. The van der Waals surface area contributed by atoms with Crippen molar-refractivity contribution in [2.75, 3.05) is 31.9 Å². The van der Waals surface area contributed by atoms with Crippen LogP contribution in [0.1, 0.15) is 44.9 Å². The highest BCUT2D eigenvalue weighted by atomic mass is 35.5. The molecule has 0 saturated heterocycles. The quantitative estimate of drug-likeness (QED) is 0.126. The van der Waals surface area contributed by atoms with E-state index in [4.69, 9.17) is 34.8 Å². The number of halogens is 1. The van der Waals surface area contributed by atoms with Crippen LogP contribution in [-0.2, 0) is 27.2 Å². The third kappa shape index (κ3) is 7.35. The standard InChI is InChI=1S/C31H38ClN3O7P2/c1-6-39-43(37,40-7-2)31(44(38,41-8-3)42-9-4)29(24-18-20-25(32)21-19-24)34-35-30(36)27-13-11-10-12-26(27)28(33-35)23-16-14-22(5)15-17-23/h10-21,29,31,34H,6-9H2,1-5H3. The Bertz CT molecular complexity index is 1660. The number of aromatic nitrogens is 2. The molecule has 4 aromatic rings. The third-order valence-corrected chi connectivity index (χ3v) is 13.1. The largest absolute Gasteiger partial charge is 0.348 e. The molecule has 10 nitrogen and oxygen atoms in total. The molecule has 0 aliphatic heterocycles. The maximum absolute atomic E-state index is 14.6. The van der Waals surface area contributed by atoms with Crippen molar-refractivity contribution in [3.63, 3.8) is 0 Å². The minimum Gasteiger partial charge on any atom is -0.308 e. The van der Waals surface area contributed by atoms with Crippen LogP contribution in [-0.4, -0.2) is 41.7 Å². The Hall–Kier alpha value is -2.81. The number of fused-ring (bicyclic) bond motifs is 1. The summed E-state index contributed by atoms with van der Waals surface area (Å²) in [5.41, 5.74) is 5.51. The van der Waals surface area contributed by atoms with E-state index in [1.807, 2.05) is 43.3 Å². The molecule has 0 aliphatic rings. The maximum Gasteiger partial charge on any atom is 0.348 e. The SMILES string of the molecule is CCOP(=O)(OCC)C(C(Nn1nc(-c2ccc(C)cc2)c2ccccc2c1=O)c1ccc(Cl)cc1)P(=O)(OCC)OCC. The summed E-state index contributed by atoms with van der Waals surface area (Å²) in [6, 6.07) is 20.3. The highest BCUT2D eigenvalue weighted by Gasteiger charge is 2.56. The highest BCUT2D eigenvalue weighted by Crippen LogP contribution is 2.73. The smallest absolute Gasteiger partial charge is 0.308 e. The molecule has 1 N–H and O–H groups in total. The lowest BCUT2D eigenvalue weighted by Gasteiger charge is -2.37. The molecule has 0 radical (unpaired) electrons. The molecule has 1 aromatic heterocycles. The number of aryl methyl sites for hydroxylation is 1. The van der Waals surface area contributed by atoms with Crippen LogP contribution in [0.2, 0.25) is 5.02 Å². The maximum atomic E-state index is 14.6.